The number of unbranched alkanes of at least 4 members (excludes halogenated alkanes) is 1. The molecule has 3 heteroatoms. The first-order valence-corrected chi connectivity index (χ1v) is 11.2. The summed E-state index contributed by atoms with van der Waals surface area (Å²) in [5.41, 5.74) is 5.43. The Morgan fingerprint density at radius 1 is 0.833 bits per heavy atom. The van der Waals surface area contributed by atoms with Gasteiger partial charge in [-0.15, -0.1) is 0 Å². The van der Waals surface area contributed by atoms with Crippen LogP contribution in [-0.4, -0.2) is 30.6 Å². The van der Waals surface area contributed by atoms with Crippen LogP contribution in [0.15, 0.2) is 78.9 Å². The van der Waals surface area contributed by atoms with Gasteiger partial charge < -0.3 is 9.80 Å². The van der Waals surface area contributed by atoms with Gasteiger partial charge in [0, 0.05) is 36.4 Å². The van der Waals surface area contributed by atoms with E-state index in [1.54, 1.807) is 12.1 Å². The molecule has 5 rings (SSSR count). The van der Waals surface area contributed by atoms with E-state index in [1.165, 1.54) is 35.3 Å². The molecule has 2 atom stereocenters. The molecule has 30 heavy (non-hydrogen) atoms. The lowest BCUT2D eigenvalue weighted by Crippen LogP contribution is -2.45. The van der Waals surface area contributed by atoms with Crippen molar-refractivity contribution in [3.63, 3.8) is 0 Å². The molecule has 2 aliphatic heterocycles. The molecular formula is C27H29FN2. The SMILES string of the molecule is Fc1ccc(CCCCN2CC[C@H]3[C@H](C2)c2ccccc2N3c2ccccc2)cc1. The zero-order valence-corrected chi connectivity index (χ0v) is 17.4. The van der Waals surface area contributed by atoms with Gasteiger partial charge in [-0.25, -0.2) is 4.39 Å². The number of para-hydroxylation sites is 2. The first kappa shape index (κ1) is 19.3. The molecule has 0 N–H and O–H groups in total. The standard InChI is InChI=1S/C27H29FN2/c28-22-15-13-21(14-16-22)8-6-7-18-29-19-17-27-25(20-29)24-11-4-5-12-26(24)30(27)23-9-2-1-3-10-23/h1-5,9-16,25,27H,6-8,17-20H2/t25-,27+/m1/s1. The van der Waals surface area contributed by atoms with Crippen molar-refractivity contribution in [3.05, 3.63) is 95.8 Å². The summed E-state index contributed by atoms with van der Waals surface area (Å²) >= 11 is 0. The minimum absolute atomic E-state index is 0.150. The average Bonchev–Trinajstić information content (AvgIpc) is 3.12. The molecule has 2 aliphatic rings. The van der Waals surface area contributed by atoms with Crippen molar-refractivity contribution >= 4 is 11.4 Å². The highest BCUT2D eigenvalue weighted by Gasteiger charge is 2.42. The van der Waals surface area contributed by atoms with Crippen molar-refractivity contribution < 1.29 is 4.39 Å². The van der Waals surface area contributed by atoms with E-state index in [2.05, 4.69) is 64.4 Å². The van der Waals surface area contributed by atoms with E-state index in [0.29, 0.717) is 12.0 Å². The fourth-order valence-electron chi connectivity index (χ4n) is 5.26. The fraction of sp³-hybridized carbons (Fsp3) is 0.333. The zero-order chi connectivity index (χ0) is 20.3. The van der Waals surface area contributed by atoms with Crippen LogP contribution in [0.5, 0.6) is 0 Å². The lowest BCUT2D eigenvalue weighted by Gasteiger charge is -2.39. The van der Waals surface area contributed by atoms with Crippen LogP contribution >= 0.6 is 0 Å². The summed E-state index contributed by atoms with van der Waals surface area (Å²) in [7, 11) is 0. The smallest absolute Gasteiger partial charge is 0.123 e. The highest BCUT2D eigenvalue weighted by Crippen LogP contribution is 2.48. The van der Waals surface area contributed by atoms with Gasteiger partial charge in [-0.1, -0.05) is 48.5 Å². The summed E-state index contributed by atoms with van der Waals surface area (Å²) in [5.74, 6) is 0.426. The van der Waals surface area contributed by atoms with Crippen LogP contribution in [0, 0.1) is 5.82 Å². The van der Waals surface area contributed by atoms with Gasteiger partial charge in [0.25, 0.3) is 0 Å². The Hall–Kier alpha value is -2.65. The second-order valence-electron chi connectivity index (χ2n) is 8.61. The third-order valence-corrected chi connectivity index (χ3v) is 6.73. The Morgan fingerprint density at radius 2 is 1.60 bits per heavy atom. The van der Waals surface area contributed by atoms with Gasteiger partial charge in [-0.2, -0.15) is 0 Å². The number of rotatable bonds is 6. The van der Waals surface area contributed by atoms with E-state index in [9.17, 15) is 4.39 Å². The minimum atomic E-state index is -0.150. The number of fused-ring (bicyclic) bond motifs is 3. The van der Waals surface area contributed by atoms with E-state index in [-0.39, 0.29) is 5.82 Å². The first-order chi connectivity index (χ1) is 14.8. The van der Waals surface area contributed by atoms with Gasteiger partial charge >= 0.3 is 0 Å². The number of hydrogen-bond donors (Lipinski definition) is 0. The molecule has 0 spiro atoms. The predicted molar refractivity (Wildman–Crippen MR) is 122 cm³/mol. The summed E-state index contributed by atoms with van der Waals surface area (Å²) in [6.07, 6.45) is 4.58. The third kappa shape index (κ3) is 3.87. The summed E-state index contributed by atoms with van der Waals surface area (Å²) < 4.78 is 13.1. The van der Waals surface area contributed by atoms with Gasteiger partial charge in [0.05, 0.1) is 0 Å². The monoisotopic (exact) mass is 400 g/mol. The molecule has 0 amide bonds. The number of aryl methyl sites for hydroxylation is 1. The third-order valence-electron chi connectivity index (χ3n) is 6.73. The van der Waals surface area contributed by atoms with Crippen molar-refractivity contribution in [2.75, 3.05) is 24.5 Å². The Labute approximate surface area is 179 Å². The molecule has 0 bridgehead atoms. The van der Waals surface area contributed by atoms with Crippen molar-refractivity contribution in [1.82, 2.24) is 4.90 Å². The molecule has 0 radical (unpaired) electrons. The van der Waals surface area contributed by atoms with Gasteiger partial charge in [0.15, 0.2) is 0 Å². The van der Waals surface area contributed by atoms with E-state index in [4.69, 9.17) is 0 Å². The van der Waals surface area contributed by atoms with Crippen LogP contribution in [-0.2, 0) is 6.42 Å². The molecule has 1 fully saturated rings. The number of anilines is 2. The van der Waals surface area contributed by atoms with Crippen molar-refractivity contribution in [1.29, 1.82) is 0 Å². The largest absolute Gasteiger partial charge is 0.337 e. The second-order valence-corrected chi connectivity index (χ2v) is 8.61. The molecule has 0 saturated carbocycles. The van der Waals surface area contributed by atoms with Gasteiger partial charge in [0.2, 0.25) is 0 Å². The highest BCUT2D eigenvalue weighted by molar-refractivity contribution is 5.72. The Kier molecular flexibility index (Phi) is 5.54. The number of likely N-dealkylation sites (tertiary alicyclic amines) is 1. The summed E-state index contributed by atoms with van der Waals surface area (Å²) in [6, 6.07) is 27.3. The van der Waals surface area contributed by atoms with Crippen LogP contribution in [0.25, 0.3) is 0 Å². The average molecular weight is 401 g/mol. The van der Waals surface area contributed by atoms with Crippen LogP contribution in [0.1, 0.15) is 36.3 Å². The first-order valence-electron chi connectivity index (χ1n) is 11.2. The number of hydrogen-bond acceptors (Lipinski definition) is 2. The van der Waals surface area contributed by atoms with Crippen molar-refractivity contribution in [2.24, 2.45) is 0 Å². The lowest BCUT2D eigenvalue weighted by atomic mass is 9.89. The fourth-order valence-corrected chi connectivity index (χ4v) is 5.26. The normalized spacial score (nSPS) is 20.8. The highest BCUT2D eigenvalue weighted by atomic mass is 19.1. The number of piperidine rings is 1. The van der Waals surface area contributed by atoms with Crippen molar-refractivity contribution in [3.8, 4) is 0 Å². The maximum atomic E-state index is 13.1. The van der Waals surface area contributed by atoms with E-state index < -0.39 is 0 Å². The second kappa shape index (κ2) is 8.61. The van der Waals surface area contributed by atoms with Crippen LogP contribution in [0.2, 0.25) is 0 Å². The molecule has 0 unspecified atom stereocenters. The molecule has 1 saturated heterocycles. The van der Waals surface area contributed by atoms with Crippen LogP contribution in [0.3, 0.4) is 0 Å². The van der Waals surface area contributed by atoms with E-state index >= 15 is 0 Å². The summed E-state index contributed by atoms with van der Waals surface area (Å²) in [4.78, 5) is 5.23. The Morgan fingerprint density at radius 3 is 2.43 bits per heavy atom. The molecule has 2 heterocycles. The van der Waals surface area contributed by atoms with Crippen LogP contribution < -0.4 is 4.90 Å². The van der Waals surface area contributed by atoms with Crippen molar-refractivity contribution in [2.45, 2.75) is 37.6 Å². The molecule has 154 valence electrons. The lowest BCUT2D eigenvalue weighted by molar-refractivity contribution is 0.193. The zero-order valence-electron chi connectivity index (χ0n) is 17.4. The topological polar surface area (TPSA) is 6.48 Å². The predicted octanol–water partition coefficient (Wildman–Crippen LogP) is 6.16. The Balaban J connectivity index is 1.22. The number of benzene rings is 3. The number of nitrogens with zero attached hydrogens (tertiary/aromatic N) is 2. The minimum Gasteiger partial charge on any atom is -0.337 e. The summed E-state index contributed by atoms with van der Waals surface area (Å²) in [5, 5.41) is 0. The van der Waals surface area contributed by atoms with Crippen LogP contribution in [0.4, 0.5) is 15.8 Å². The maximum absolute atomic E-state index is 13.1. The molecule has 3 aromatic carbocycles. The molecule has 0 aliphatic carbocycles. The van der Waals surface area contributed by atoms with E-state index in [0.717, 1.165) is 32.5 Å². The maximum Gasteiger partial charge on any atom is 0.123 e. The molecular weight excluding hydrogens is 371 g/mol. The molecule has 3 aromatic rings. The molecule has 0 aromatic heterocycles. The summed E-state index contributed by atoms with van der Waals surface area (Å²) in [6.45, 7) is 3.45. The van der Waals surface area contributed by atoms with E-state index in [1.807, 2.05) is 12.1 Å². The van der Waals surface area contributed by atoms with Gasteiger partial charge in [-0.05, 0) is 73.7 Å². The Bertz CT molecular complexity index is 970. The molecule has 2 nitrogen and oxygen atoms in total. The number of halogens is 1. The van der Waals surface area contributed by atoms with Gasteiger partial charge in [-0.3, -0.25) is 0 Å². The quantitative estimate of drug-likeness (QED) is 0.457. The van der Waals surface area contributed by atoms with Gasteiger partial charge in [0.1, 0.15) is 5.82 Å².